The highest BCUT2D eigenvalue weighted by atomic mass is 35.5. The first kappa shape index (κ1) is 13.9. The predicted molar refractivity (Wildman–Crippen MR) is 83.3 cm³/mol. The Morgan fingerprint density at radius 3 is 3.05 bits per heavy atom. The van der Waals surface area contributed by atoms with E-state index in [-0.39, 0.29) is 12.4 Å². The highest BCUT2D eigenvalue weighted by Crippen LogP contribution is 2.27. The highest BCUT2D eigenvalue weighted by Gasteiger charge is 2.32. The van der Waals surface area contributed by atoms with E-state index < -0.39 is 0 Å². The monoisotopic (exact) mass is 292 g/mol. The predicted octanol–water partition coefficient (Wildman–Crippen LogP) is 3.04. The number of nitrogens with zero attached hydrogens (tertiary/aromatic N) is 1. The molecule has 0 radical (unpaired) electrons. The minimum Gasteiger partial charge on any atom is -0.460 e. The van der Waals surface area contributed by atoms with Crippen LogP contribution in [0.3, 0.4) is 0 Å². The molecule has 2 unspecified atom stereocenters. The Hall–Kier alpha value is -1.03. The topological polar surface area (TPSA) is 28.4 Å². The SMILES string of the molecule is Cl.c1ccc2oc(CN3CCC4NCCC4C3)cc2c1. The van der Waals surface area contributed by atoms with Crippen molar-refractivity contribution in [1.82, 2.24) is 10.2 Å². The van der Waals surface area contributed by atoms with E-state index in [0.29, 0.717) is 0 Å². The molecule has 108 valence electrons. The van der Waals surface area contributed by atoms with E-state index in [2.05, 4.69) is 28.4 Å². The molecular formula is C16H21ClN2O. The quantitative estimate of drug-likeness (QED) is 0.922. The van der Waals surface area contributed by atoms with Gasteiger partial charge < -0.3 is 9.73 Å². The lowest BCUT2D eigenvalue weighted by atomic mass is 9.93. The molecule has 0 spiro atoms. The molecule has 0 amide bonds. The summed E-state index contributed by atoms with van der Waals surface area (Å²) in [6.07, 6.45) is 2.62. The Morgan fingerprint density at radius 1 is 1.25 bits per heavy atom. The summed E-state index contributed by atoms with van der Waals surface area (Å²) >= 11 is 0. The van der Waals surface area contributed by atoms with Crippen molar-refractivity contribution in [3.05, 3.63) is 36.1 Å². The van der Waals surface area contributed by atoms with Gasteiger partial charge in [-0.25, -0.2) is 0 Å². The molecule has 4 heteroatoms. The zero-order valence-corrected chi connectivity index (χ0v) is 12.4. The zero-order valence-electron chi connectivity index (χ0n) is 11.5. The number of rotatable bonds is 2. The maximum Gasteiger partial charge on any atom is 0.134 e. The maximum absolute atomic E-state index is 5.92. The molecule has 0 aliphatic carbocycles. The molecule has 0 saturated carbocycles. The van der Waals surface area contributed by atoms with Crippen molar-refractivity contribution < 1.29 is 4.42 Å². The molecule has 2 aromatic rings. The van der Waals surface area contributed by atoms with Crippen LogP contribution in [0.25, 0.3) is 11.0 Å². The van der Waals surface area contributed by atoms with Crippen molar-refractivity contribution in [3.8, 4) is 0 Å². The Balaban J connectivity index is 0.00000121. The van der Waals surface area contributed by atoms with Crippen molar-refractivity contribution in [2.45, 2.75) is 25.4 Å². The van der Waals surface area contributed by atoms with Gasteiger partial charge in [0.05, 0.1) is 6.54 Å². The van der Waals surface area contributed by atoms with E-state index in [1.165, 1.54) is 37.9 Å². The molecule has 2 saturated heterocycles. The first-order chi connectivity index (χ1) is 9.38. The minimum absolute atomic E-state index is 0. The van der Waals surface area contributed by atoms with Crippen LogP contribution < -0.4 is 5.32 Å². The van der Waals surface area contributed by atoms with Gasteiger partial charge in [-0.05, 0) is 37.4 Å². The Labute approximate surface area is 125 Å². The lowest BCUT2D eigenvalue weighted by molar-refractivity contribution is 0.147. The molecule has 3 nitrogen and oxygen atoms in total. The van der Waals surface area contributed by atoms with Crippen LogP contribution in [0, 0.1) is 5.92 Å². The van der Waals surface area contributed by atoms with Crippen molar-refractivity contribution in [3.63, 3.8) is 0 Å². The second kappa shape index (κ2) is 5.76. The Bertz CT molecular complexity index is 550. The normalized spacial score (nSPS) is 26.4. The van der Waals surface area contributed by atoms with Gasteiger partial charge in [0.25, 0.3) is 0 Å². The van der Waals surface area contributed by atoms with E-state index in [4.69, 9.17) is 4.42 Å². The smallest absolute Gasteiger partial charge is 0.134 e. The first-order valence-electron chi connectivity index (χ1n) is 7.32. The molecule has 2 fully saturated rings. The number of benzene rings is 1. The van der Waals surface area contributed by atoms with Gasteiger partial charge in [0.2, 0.25) is 0 Å². The number of hydrogen-bond donors (Lipinski definition) is 1. The average Bonchev–Trinajstić information content (AvgIpc) is 3.03. The number of fused-ring (bicyclic) bond motifs is 2. The second-order valence-electron chi connectivity index (χ2n) is 5.88. The number of halogens is 1. The summed E-state index contributed by atoms with van der Waals surface area (Å²) in [7, 11) is 0. The molecule has 1 aromatic carbocycles. The molecule has 2 aliphatic rings. The highest BCUT2D eigenvalue weighted by molar-refractivity contribution is 5.85. The van der Waals surface area contributed by atoms with Crippen LogP contribution >= 0.6 is 12.4 Å². The van der Waals surface area contributed by atoms with Crippen molar-refractivity contribution in [2.24, 2.45) is 5.92 Å². The van der Waals surface area contributed by atoms with Crippen molar-refractivity contribution >= 4 is 23.4 Å². The largest absolute Gasteiger partial charge is 0.460 e. The number of furan rings is 1. The third kappa shape index (κ3) is 2.58. The number of nitrogens with one attached hydrogen (secondary N) is 1. The zero-order chi connectivity index (χ0) is 12.7. The summed E-state index contributed by atoms with van der Waals surface area (Å²) in [5, 5.41) is 4.83. The number of para-hydroxylation sites is 1. The van der Waals surface area contributed by atoms with E-state index in [1.54, 1.807) is 0 Å². The van der Waals surface area contributed by atoms with Gasteiger partial charge in [-0.3, -0.25) is 4.90 Å². The van der Waals surface area contributed by atoms with Crippen molar-refractivity contribution in [2.75, 3.05) is 19.6 Å². The van der Waals surface area contributed by atoms with E-state index in [0.717, 1.165) is 29.8 Å². The van der Waals surface area contributed by atoms with Crippen molar-refractivity contribution in [1.29, 1.82) is 0 Å². The van der Waals surface area contributed by atoms with E-state index >= 15 is 0 Å². The van der Waals surface area contributed by atoms with Crippen LogP contribution in [0.15, 0.2) is 34.7 Å². The summed E-state index contributed by atoms with van der Waals surface area (Å²) in [5.41, 5.74) is 1.01. The number of piperidine rings is 1. The summed E-state index contributed by atoms with van der Waals surface area (Å²) in [5.74, 6) is 1.95. The van der Waals surface area contributed by atoms with Gasteiger partial charge in [0.15, 0.2) is 0 Å². The fourth-order valence-electron chi connectivity index (χ4n) is 3.60. The summed E-state index contributed by atoms with van der Waals surface area (Å²) in [6.45, 7) is 4.56. The van der Waals surface area contributed by atoms with Crippen LogP contribution in [0.2, 0.25) is 0 Å². The Morgan fingerprint density at radius 2 is 2.15 bits per heavy atom. The van der Waals surface area contributed by atoms with Crippen LogP contribution in [-0.2, 0) is 6.54 Å². The van der Waals surface area contributed by atoms with Crippen LogP contribution in [-0.4, -0.2) is 30.6 Å². The average molecular weight is 293 g/mol. The van der Waals surface area contributed by atoms with E-state index in [9.17, 15) is 0 Å². The molecule has 4 rings (SSSR count). The van der Waals surface area contributed by atoms with Gasteiger partial charge in [0.1, 0.15) is 11.3 Å². The molecule has 3 heterocycles. The molecular weight excluding hydrogens is 272 g/mol. The first-order valence-corrected chi connectivity index (χ1v) is 7.32. The minimum atomic E-state index is 0. The molecule has 0 bridgehead atoms. The molecule has 1 aromatic heterocycles. The third-order valence-corrected chi connectivity index (χ3v) is 4.60. The van der Waals surface area contributed by atoms with Crippen LogP contribution in [0.5, 0.6) is 0 Å². The van der Waals surface area contributed by atoms with Crippen LogP contribution in [0.4, 0.5) is 0 Å². The summed E-state index contributed by atoms with van der Waals surface area (Å²) in [6, 6.07) is 11.2. The summed E-state index contributed by atoms with van der Waals surface area (Å²) in [4.78, 5) is 2.55. The molecule has 1 N–H and O–H groups in total. The number of likely N-dealkylation sites (tertiary alicyclic amines) is 1. The summed E-state index contributed by atoms with van der Waals surface area (Å²) < 4.78 is 5.92. The molecule has 20 heavy (non-hydrogen) atoms. The van der Waals surface area contributed by atoms with Gasteiger partial charge in [-0.1, -0.05) is 18.2 Å². The lowest BCUT2D eigenvalue weighted by Crippen LogP contribution is -2.43. The lowest BCUT2D eigenvalue weighted by Gasteiger charge is -2.34. The van der Waals surface area contributed by atoms with Crippen LogP contribution in [0.1, 0.15) is 18.6 Å². The molecule has 2 atom stereocenters. The third-order valence-electron chi connectivity index (χ3n) is 4.60. The van der Waals surface area contributed by atoms with Gasteiger partial charge in [0, 0.05) is 24.5 Å². The van der Waals surface area contributed by atoms with E-state index in [1.807, 2.05) is 12.1 Å². The molecule has 2 aliphatic heterocycles. The second-order valence-corrected chi connectivity index (χ2v) is 5.88. The Kier molecular flexibility index (Phi) is 4.01. The van der Waals surface area contributed by atoms with Gasteiger partial charge >= 0.3 is 0 Å². The fraction of sp³-hybridized carbons (Fsp3) is 0.500. The maximum atomic E-state index is 5.92. The fourth-order valence-corrected chi connectivity index (χ4v) is 3.60. The number of hydrogen-bond acceptors (Lipinski definition) is 3. The standard InChI is InChI=1S/C16H20N2O.ClH/c1-2-4-16-12(3-1)9-14(19-16)11-18-8-6-15-13(10-18)5-7-17-15;/h1-4,9,13,15,17H,5-8,10-11H2;1H. The van der Waals surface area contributed by atoms with Gasteiger partial charge in [-0.2, -0.15) is 0 Å². The van der Waals surface area contributed by atoms with Gasteiger partial charge in [-0.15, -0.1) is 12.4 Å².